The van der Waals surface area contributed by atoms with Crippen LogP contribution in [0.15, 0.2) is 47.4 Å². The summed E-state index contributed by atoms with van der Waals surface area (Å²) in [6.45, 7) is 5.68. The van der Waals surface area contributed by atoms with Gasteiger partial charge in [-0.05, 0) is 42.7 Å². The lowest BCUT2D eigenvalue weighted by Gasteiger charge is -2.23. The first kappa shape index (κ1) is 15.8. The molecule has 5 nitrogen and oxygen atoms in total. The third-order valence-electron chi connectivity index (χ3n) is 3.46. The number of amides is 1. The number of aromatic nitrogens is 1. The second kappa shape index (κ2) is 6.47. The number of hydrogen-bond donors (Lipinski definition) is 2. The van der Waals surface area contributed by atoms with E-state index in [0.717, 1.165) is 5.56 Å². The van der Waals surface area contributed by atoms with Crippen LogP contribution in [0.4, 0.5) is 11.4 Å². The molecule has 3 N–H and O–H groups in total. The summed E-state index contributed by atoms with van der Waals surface area (Å²) >= 11 is 0. The van der Waals surface area contributed by atoms with Gasteiger partial charge in [0.1, 0.15) is 6.04 Å². The van der Waals surface area contributed by atoms with Crippen LogP contribution in [0.1, 0.15) is 25.5 Å². The number of aryl methyl sites for hydroxylation is 1. The molecule has 1 amide bonds. The standard InChI is InChI=1S/C17H21N3O2/c1-11(2)16(20-8-7-12(3)9-15(20)21)17(22)19-14-6-4-5-13(18)10-14/h4-11,16H,18H2,1-3H3,(H,19,22). The smallest absolute Gasteiger partial charge is 0.251 e. The Balaban J connectivity index is 2.31. The number of nitrogens with two attached hydrogens (primary N) is 1. The highest BCUT2D eigenvalue weighted by molar-refractivity contribution is 5.94. The summed E-state index contributed by atoms with van der Waals surface area (Å²) in [6, 6.07) is 9.76. The summed E-state index contributed by atoms with van der Waals surface area (Å²) < 4.78 is 1.47. The van der Waals surface area contributed by atoms with E-state index in [2.05, 4.69) is 5.32 Å². The van der Waals surface area contributed by atoms with Crippen molar-refractivity contribution < 1.29 is 4.79 Å². The highest BCUT2D eigenvalue weighted by Gasteiger charge is 2.25. The van der Waals surface area contributed by atoms with Gasteiger partial charge in [-0.2, -0.15) is 0 Å². The molecule has 0 radical (unpaired) electrons. The van der Waals surface area contributed by atoms with Gasteiger partial charge in [0.15, 0.2) is 0 Å². The number of anilines is 2. The van der Waals surface area contributed by atoms with Gasteiger partial charge in [0.2, 0.25) is 5.91 Å². The van der Waals surface area contributed by atoms with E-state index < -0.39 is 6.04 Å². The second-order valence-corrected chi connectivity index (χ2v) is 5.75. The van der Waals surface area contributed by atoms with Gasteiger partial charge in [-0.1, -0.05) is 19.9 Å². The van der Waals surface area contributed by atoms with Gasteiger partial charge in [0.05, 0.1) is 0 Å². The number of carbonyl (C=O) groups excluding carboxylic acids is 1. The summed E-state index contributed by atoms with van der Waals surface area (Å²) in [7, 11) is 0. The molecule has 116 valence electrons. The molecule has 1 heterocycles. The molecule has 0 saturated heterocycles. The van der Waals surface area contributed by atoms with E-state index in [1.807, 2.05) is 26.8 Å². The van der Waals surface area contributed by atoms with Gasteiger partial charge in [-0.3, -0.25) is 9.59 Å². The minimum Gasteiger partial charge on any atom is -0.399 e. The van der Waals surface area contributed by atoms with Crippen LogP contribution in [0.2, 0.25) is 0 Å². The number of benzene rings is 1. The third kappa shape index (κ3) is 3.55. The monoisotopic (exact) mass is 299 g/mol. The first-order valence-electron chi connectivity index (χ1n) is 7.23. The van der Waals surface area contributed by atoms with Crippen LogP contribution in [-0.4, -0.2) is 10.5 Å². The quantitative estimate of drug-likeness (QED) is 0.852. The van der Waals surface area contributed by atoms with E-state index in [1.165, 1.54) is 10.6 Å². The minimum absolute atomic E-state index is 0.0264. The van der Waals surface area contributed by atoms with Crippen molar-refractivity contribution in [3.8, 4) is 0 Å². The molecule has 0 bridgehead atoms. The first-order valence-corrected chi connectivity index (χ1v) is 7.23. The number of nitrogen functional groups attached to an aromatic ring is 1. The van der Waals surface area contributed by atoms with Crippen LogP contribution < -0.4 is 16.6 Å². The zero-order valence-electron chi connectivity index (χ0n) is 13.0. The number of nitrogens with one attached hydrogen (secondary N) is 1. The second-order valence-electron chi connectivity index (χ2n) is 5.75. The molecule has 0 fully saturated rings. The fraction of sp³-hybridized carbons (Fsp3) is 0.294. The first-order chi connectivity index (χ1) is 10.4. The van der Waals surface area contributed by atoms with Gasteiger partial charge >= 0.3 is 0 Å². The van der Waals surface area contributed by atoms with Crippen LogP contribution >= 0.6 is 0 Å². The summed E-state index contributed by atoms with van der Waals surface area (Å²) in [4.78, 5) is 24.8. The number of nitrogens with zero attached hydrogens (tertiary/aromatic N) is 1. The average Bonchev–Trinajstić information content (AvgIpc) is 2.41. The zero-order valence-corrected chi connectivity index (χ0v) is 13.0. The Hall–Kier alpha value is -2.56. The summed E-state index contributed by atoms with van der Waals surface area (Å²) in [5.74, 6) is -0.256. The van der Waals surface area contributed by atoms with E-state index in [4.69, 9.17) is 5.73 Å². The SMILES string of the molecule is Cc1ccn(C(C(=O)Nc2cccc(N)c2)C(C)C)c(=O)c1. The predicted octanol–water partition coefficient (Wildman–Crippen LogP) is 2.57. The average molecular weight is 299 g/mol. The summed E-state index contributed by atoms with van der Waals surface area (Å²) in [5.41, 5.74) is 7.61. The maximum atomic E-state index is 12.6. The van der Waals surface area contributed by atoms with E-state index in [-0.39, 0.29) is 17.4 Å². The molecular formula is C17H21N3O2. The van der Waals surface area contributed by atoms with Crippen molar-refractivity contribution in [2.24, 2.45) is 5.92 Å². The molecular weight excluding hydrogens is 278 g/mol. The summed E-state index contributed by atoms with van der Waals surface area (Å²) in [5, 5.41) is 2.83. The number of hydrogen-bond acceptors (Lipinski definition) is 3. The Morgan fingerprint density at radius 1 is 1.23 bits per heavy atom. The minimum atomic E-state index is -0.575. The molecule has 1 aromatic carbocycles. The molecule has 0 aliphatic carbocycles. The van der Waals surface area contributed by atoms with Crippen molar-refractivity contribution >= 4 is 17.3 Å². The molecule has 2 rings (SSSR count). The van der Waals surface area contributed by atoms with E-state index in [9.17, 15) is 9.59 Å². The van der Waals surface area contributed by atoms with Crippen molar-refractivity contribution in [3.05, 3.63) is 58.5 Å². The summed E-state index contributed by atoms with van der Waals surface area (Å²) in [6.07, 6.45) is 1.67. The van der Waals surface area contributed by atoms with Crippen molar-refractivity contribution in [3.63, 3.8) is 0 Å². The fourth-order valence-corrected chi connectivity index (χ4v) is 2.40. The molecule has 1 aromatic heterocycles. The number of rotatable bonds is 4. The normalized spacial score (nSPS) is 12.2. The van der Waals surface area contributed by atoms with Gasteiger partial charge < -0.3 is 15.6 Å². The van der Waals surface area contributed by atoms with Crippen molar-refractivity contribution in [1.82, 2.24) is 4.57 Å². The van der Waals surface area contributed by atoms with Crippen molar-refractivity contribution in [2.45, 2.75) is 26.8 Å². The Morgan fingerprint density at radius 2 is 1.95 bits per heavy atom. The fourth-order valence-electron chi connectivity index (χ4n) is 2.40. The number of pyridine rings is 1. The lowest BCUT2D eigenvalue weighted by atomic mass is 10.0. The van der Waals surface area contributed by atoms with E-state index >= 15 is 0 Å². The zero-order chi connectivity index (χ0) is 16.3. The van der Waals surface area contributed by atoms with Crippen LogP contribution in [0.5, 0.6) is 0 Å². The Bertz CT molecular complexity index is 735. The van der Waals surface area contributed by atoms with Crippen LogP contribution in [0.3, 0.4) is 0 Å². The van der Waals surface area contributed by atoms with E-state index in [1.54, 1.807) is 30.5 Å². The predicted molar refractivity (Wildman–Crippen MR) is 88.8 cm³/mol. The van der Waals surface area contributed by atoms with E-state index in [0.29, 0.717) is 11.4 Å². The van der Waals surface area contributed by atoms with Crippen LogP contribution in [0.25, 0.3) is 0 Å². The maximum absolute atomic E-state index is 12.6. The lowest BCUT2D eigenvalue weighted by Crippen LogP contribution is -2.36. The van der Waals surface area contributed by atoms with Gasteiger partial charge in [0.25, 0.3) is 5.56 Å². The topological polar surface area (TPSA) is 77.1 Å². The largest absolute Gasteiger partial charge is 0.399 e. The van der Waals surface area contributed by atoms with Crippen molar-refractivity contribution in [2.75, 3.05) is 11.1 Å². The van der Waals surface area contributed by atoms with Crippen LogP contribution in [-0.2, 0) is 4.79 Å². The molecule has 1 atom stereocenters. The number of carbonyl (C=O) groups is 1. The Morgan fingerprint density at radius 3 is 2.55 bits per heavy atom. The molecule has 0 spiro atoms. The van der Waals surface area contributed by atoms with Crippen LogP contribution in [0, 0.1) is 12.8 Å². The molecule has 1 unspecified atom stereocenters. The highest BCUT2D eigenvalue weighted by Crippen LogP contribution is 2.20. The van der Waals surface area contributed by atoms with Gasteiger partial charge in [0, 0.05) is 23.6 Å². The molecule has 22 heavy (non-hydrogen) atoms. The molecule has 2 aromatic rings. The molecule has 0 aliphatic rings. The molecule has 0 aliphatic heterocycles. The Kier molecular flexibility index (Phi) is 4.65. The maximum Gasteiger partial charge on any atom is 0.251 e. The van der Waals surface area contributed by atoms with Gasteiger partial charge in [-0.15, -0.1) is 0 Å². The molecule has 5 heteroatoms. The van der Waals surface area contributed by atoms with Gasteiger partial charge in [-0.25, -0.2) is 0 Å². The Labute approximate surface area is 129 Å². The molecule has 0 saturated carbocycles. The highest BCUT2D eigenvalue weighted by atomic mass is 16.2. The van der Waals surface area contributed by atoms with Crippen molar-refractivity contribution in [1.29, 1.82) is 0 Å². The third-order valence-corrected chi connectivity index (χ3v) is 3.46. The lowest BCUT2D eigenvalue weighted by molar-refractivity contribution is -0.120.